The molecule has 2 aliphatic heterocycles. The van der Waals surface area contributed by atoms with Crippen LogP contribution in [0.3, 0.4) is 0 Å². The number of rotatable bonds is 2. The van der Waals surface area contributed by atoms with E-state index in [4.69, 9.17) is 11.6 Å². The Balaban J connectivity index is 1.55. The Kier molecular flexibility index (Phi) is 4.73. The summed E-state index contributed by atoms with van der Waals surface area (Å²) in [5.41, 5.74) is -0.623. The topological polar surface area (TPSA) is 36.4 Å². The highest BCUT2D eigenvalue weighted by molar-refractivity contribution is 6.34. The SMILES string of the molecule is O=C1N(c2ccccc2Cl)CC[C@@]12CCCN(c1ccc(C(F)(F)F)cn1)C2. The molecule has 2 aliphatic rings. The van der Waals surface area contributed by atoms with E-state index in [1.165, 1.54) is 6.07 Å². The molecule has 8 heteroatoms. The predicted molar refractivity (Wildman–Crippen MR) is 102 cm³/mol. The lowest BCUT2D eigenvalue weighted by molar-refractivity contribution is -0.137. The van der Waals surface area contributed by atoms with E-state index in [0.717, 1.165) is 25.1 Å². The van der Waals surface area contributed by atoms with E-state index >= 15 is 0 Å². The molecule has 0 bridgehead atoms. The first-order valence-corrected chi connectivity index (χ1v) is 9.53. The fourth-order valence-corrected chi connectivity index (χ4v) is 4.41. The number of amides is 1. The summed E-state index contributed by atoms with van der Waals surface area (Å²) in [6, 6.07) is 9.68. The highest BCUT2D eigenvalue weighted by Crippen LogP contribution is 2.44. The smallest absolute Gasteiger partial charge is 0.356 e. The molecule has 0 unspecified atom stereocenters. The molecule has 0 radical (unpaired) electrons. The second-order valence-corrected chi connectivity index (χ2v) is 7.77. The third-order valence-electron chi connectivity index (χ3n) is 5.63. The summed E-state index contributed by atoms with van der Waals surface area (Å²) in [7, 11) is 0. The number of halogens is 4. The van der Waals surface area contributed by atoms with Gasteiger partial charge in [0.05, 0.1) is 21.7 Å². The van der Waals surface area contributed by atoms with Gasteiger partial charge in [-0.2, -0.15) is 13.2 Å². The zero-order valence-electron chi connectivity index (χ0n) is 15.0. The first-order valence-electron chi connectivity index (χ1n) is 9.15. The van der Waals surface area contributed by atoms with Gasteiger partial charge in [0.15, 0.2) is 0 Å². The lowest BCUT2D eigenvalue weighted by Crippen LogP contribution is -2.48. The van der Waals surface area contributed by atoms with Crippen LogP contribution < -0.4 is 9.80 Å². The first-order chi connectivity index (χ1) is 13.3. The molecule has 3 heterocycles. The van der Waals surface area contributed by atoms with Gasteiger partial charge in [-0.1, -0.05) is 23.7 Å². The minimum absolute atomic E-state index is 0.0252. The summed E-state index contributed by atoms with van der Waals surface area (Å²) in [6.07, 6.45) is -1.34. The largest absolute Gasteiger partial charge is 0.417 e. The Labute approximate surface area is 165 Å². The molecule has 148 valence electrons. The minimum Gasteiger partial charge on any atom is -0.356 e. The van der Waals surface area contributed by atoms with Crippen LogP contribution in [0.1, 0.15) is 24.8 Å². The first kappa shape index (κ1) is 19.1. The number of carbonyl (C=O) groups is 1. The number of para-hydroxylation sites is 1. The number of piperidine rings is 1. The van der Waals surface area contributed by atoms with Crippen LogP contribution in [0, 0.1) is 5.41 Å². The number of hydrogen-bond donors (Lipinski definition) is 0. The van der Waals surface area contributed by atoms with E-state index in [1.54, 1.807) is 11.0 Å². The molecule has 2 aromatic rings. The van der Waals surface area contributed by atoms with Crippen molar-refractivity contribution in [1.82, 2.24) is 4.98 Å². The average Bonchev–Trinajstić information content (AvgIpc) is 2.97. The number of nitrogens with zero attached hydrogens (tertiary/aromatic N) is 3. The number of benzene rings is 1. The third kappa shape index (κ3) is 3.32. The van der Waals surface area contributed by atoms with Crippen molar-refractivity contribution in [2.24, 2.45) is 5.41 Å². The van der Waals surface area contributed by atoms with E-state index in [9.17, 15) is 18.0 Å². The second kappa shape index (κ2) is 6.95. The molecule has 1 amide bonds. The highest BCUT2D eigenvalue weighted by Gasteiger charge is 2.49. The number of carbonyl (C=O) groups excluding carboxylic acids is 1. The Morgan fingerprint density at radius 3 is 2.54 bits per heavy atom. The van der Waals surface area contributed by atoms with Crippen molar-refractivity contribution in [1.29, 1.82) is 0 Å². The fraction of sp³-hybridized carbons (Fsp3) is 0.400. The zero-order valence-corrected chi connectivity index (χ0v) is 15.8. The van der Waals surface area contributed by atoms with Crippen molar-refractivity contribution >= 4 is 29.0 Å². The van der Waals surface area contributed by atoms with Gasteiger partial charge in [-0.05, 0) is 43.5 Å². The predicted octanol–water partition coefficient (Wildman–Crippen LogP) is 4.78. The maximum absolute atomic E-state index is 13.3. The van der Waals surface area contributed by atoms with Gasteiger partial charge in [0.1, 0.15) is 5.82 Å². The van der Waals surface area contributed by atoms with Crippen LogP contribution in [0.25, 0.3) is 0 Å². The normalized spacial score (nSPS) is 22.9. The third-order valence-corrected chi connectivity index (χ3v) is 5.95. The number of alkyl halides is 3. The van der Waals surface area contributed by atoms with Crippen LogP contribution in [0.15, 0.2) is 42.6 Å². The summed E-state index contributed by atoms with van der Waals surface area (Å²) in [5.74, 6) is 0.494. The Hall–Kier alpha value is -2.28. The molecule has 4 rings (SSSR count). The van der Waals surface area contributed by atoms with E-state index in [2.05, 4.69) is 4.98 Å². The van der Waals surface area contributed by atoms with E-state index in [-0.39, 0.29) is 5.91 Å². The van der Waals surface area contributed by atoms with Gasteiger partial charge in [-0.15, -0.1) is 0 Å². The Bertz CT molecular complexity index is 887. The van der Waals surface area contributed by atoms with Crippen molar-refractivity contribution in [3.05, 3.63) is 53.2 Å². The lowest BCUT2D eigenvalue weighted by atomic mass is 9.78. The molecule has 4 nitrogen and oxygen atoms in total. The molecule has 0 N–H and O–H groups in total. The van der Waals surface area contributed by atoms with Gasteiger partial charge in [0, 0.05) is 25.8 Å². The molecule has 1 spiro atoms. The summed E-state index contributed by atoms with van der Waals surface area (Å²) < 4.78 is 38.3. The summed E-state index contributed by atoms with van der Waals surface area (Å²) in [5, 5.41) is 0.532. The average molecular weight is 410 g/mol. The lowest BCUT2D eigenvalue weighted by Gasteiger charge is -2.39. The minimum atomic E-state index is -4.41. The molecule has 0 aliphatic carbocycles. The number of pyridine rings is 1. The summed E-state index contributed by atoms with van der Waals surface area (Å²) >= 11 is 6.27. The number of aromatic nitrogens is 1. The molecular formula is C20H19ClF3N3O. The van der Waals surface area contributed by atoms with Gasteiger partial charge in [-0.3, -0.25) is 4.79 Å². The Morgan fingerprint density at radius 2 is 1.86 bits per heavy atom. The van der Waals surface area contributed by atoms with E-state index in [1.807, 2.05) is 23.1 Å². The maximum Gasteiger partial charge on any atom is 0.417 e. The van der Waals surface area contributed by atoms with Gasteiger partial charge in [-0.25, -0.2) is 4.98 Å². The van der Waals surface area contributed by atoms with E-state index in [0.29, 0.717) is 42.6 Å². The van der Waals surface area contributed by atoms with Crippen LogP contribution in [-0.2, 0) is 11.0 Å². The molecule has 2 saturated heterocycles. The van der Waals surface area contributed by atoms with Crippen LogP contribution >= 0.6 is 11.6 Å². The van der Waals surface area contributed by atoms with Crippen molar-refractivity contribution in [2.45, 2.75) is 25.4 Å². The molecule has 2 fully saturated rings. The molecule has 1 aromatic carbocycles. The fourth-order valence-electron chi connectivity index (χ4n) is 4.17. The monoisotopic (exact) mass is 409 g/mol. The van der Waals surface area contributed by atoms with Gasteiger partial charge in [0.2, 0.25) is 5.91 Å². The van der Waals surface area contributed by atoms with Crippen LogP contribution in [0.2, 0.25) is 5.02 Å². The summed E-state index contributed by atoms with van der Waals surface area (Å²) in [4.78, 5) is 20.9. The van der Waals surface area contributed by atoms with Crippen LogP contribution in [0.4, 0.5) is 24.7 Å². The molecule has 1 aromatic heterocycles. The van der Waals surface area contributed by atoms with Crippen molar-refractivity contribution < 1.29 is 18.0 Å². The van der Waals surface area contributed by atoms with Crippen LogP contribution in [-0.4, -0.2) is 30.5 Å². The summed E-state index contributed by atoms with van der Waals surface area (Å²) in [6.45, 7) is 1.70. The highest BCUT2D eigenvalue weighted by atomic mass is 35.5. The number of anilines is 2. The van der Waals surface area contributed by atoms with Crippen molar-refractivity contribution in [3.8, 4) is 0 Å². The van der Waals surface area contributed by atoms with Crippen LogP contribution in [0.5, 0.6) is 0 Å². The standard InChI is InChI=1S/C20H19ClF3N3O/c21-15-4-1-2-5-16(15)27-11-9-19(18(27)28)8-3-10-26(13-19)17-7-6-14(12-25-17)20(22,23)24/h1-2,4-7,12H,3,8-11,13H2/t19-/m1/s1. The molecule has 1 atom stereocenters. The maximum atomic E-state index is 13.3. The van der Waals surface area contributed by atoms with Gasteiger partial charge < -0.3 is 9.80 Å². The quantitative estimate of drug-likeness (QED) is 0.716. The Morgan fingerprint density at radius 1 is 1.07 bits per heavy atom. The van der Waals surface area contributed by atoms with Crippen molar-refractivity contribution in [3.63, 3.8) is 0 Å². The van der Waals surface area contributed by atoms with Gasteiger partial charge in [0.25, 0.3) is 0 Å². The van der Waals surface area contributed by atoms with Gasteiger partial charge >= 0.3 is 6.18 Å². The van der Waals surface area contributed by atoms with E-state index < -0.39 is 17.2 Å². The zero-order chi connectivity index (χ0) is 19.9. The second-order valence-electron chi connectivity index (χ2n) is 7.37. The molecular weight excluding hydrogens is 391 g/mol. The van der Waals surface area contributed by atoms with Crippen molar-refractivity contribution in [2.75, 3.05) is 29.4 Å². The molecule has 0 saturated carbocycles. The molecule has 28 heavy (non-hydrogen) atoms. The number of hydrogen-bond acceptors (Lipinski definition) is 3.